The number of halogens is 1. The van der Waals surface area contributed by atoms with E-state index in [1.54, 1.807) is 13.0 Å². The minimum absolute atomic E-state index is 0.0197. The van der Waals surface area contributed by atoms with Gasteiger partial charge in [0.05, 0.1) is 6.04 Å². The SMILES string of the molecule is Cc1ccc(C(C)n2c(C(C)C)c[nH]c2=S)cc1F. The van der Waals surface area contributed by atoms with Gasteiger partial charge in [0.2, 0.25) is 0 Å². The largest absolute Gasteiger partial charge is 0.337 e. The van der Waals surface area contributed by atoms with E-state index in [9.17, 15) is 4.39 Å². The average molecular weight is 278 g/mol. The Kier molecular flexibility index (Phi) is 3.90. The lowest BCUT2D eigenvalue weighted by atomic mass is 10.0. The number of rotatable bonds is 3. The van der Waals surface area contributed by atoms with Crippen LogP contribution in [0.2, 0.25) is 0 Å². The third kappa shape index (κ3) is 2.63. The molecule has 0 bridgehead atoms. The van der Waals surface area contributed by atoms with Crippen molar-refractivity contribution in [2.24, 2.45) is 0 Å². The molecule has 0 spiro atoms. The standard InChI is InChI=1S/C15H19FN2S/c1-9(2)14-8-17-15(19)18(14)11(4)12-6-5-10(3)13(16)7-12/h5-9,11H,1-4H3,(H,17,19). The van der Waals surface area contributed by atoms with Crippen molar-refractivity contribution in [3.05, 3.63) is 51.8 Å². The molecule has 2 nitrogen and oxygen atoms in total. The molecule has 1 aromatic heterocycles. The molecular weight excluding hydrogens is 259 g/mol. The van der Waals surface area contributed by atoms with Crippen molar-refractivity contribution in [2.45, 2.75) is 39.7 Å². The fourth-order valence-electron chi connectivity index (χ4n) is 2.25. The molecule has 1 aromatic carbocycles. The molecule has 1 unspecified atom stereocenters. The van der Waals surface area contributed by atoms with Crippen LogP contribution >= 0.6 is 12.2 Å². The molecular formula is C15H19FN2S. The van der Waals surface area contributed by atoms with Gasteiger partial charge in [0.1, 0.15) is 5.82 Å². The second-order valence-electron chi connectivity index (χ2n) is 5.23. The zero-order valence-corrected chi connectivity index (χ0v) is 12.5. The molecule has 2 aromatic rings. The molecule has 2 rings (SSSR count). The topological polar surface area (TPSA) is 20.7 Å². The molecule has 1 heterocycles. The van der Waals surface area contributed by atoms with Gasteiger partial charge in [-0.25, -0.2) is 4.39 Å². The smallest absolute Gasteiger partial charge is 0.177 e. The first-order chi connectivity index (χ1) is 8.91. The number of aryl methyl sites for hydroxylation is 1. The zero-order chi connectivity index (χ0) is 14.2. The van der Waals surface area contributed by atoms with Gasteiger partial charge < -0.3 is 9.55 Å². The van der Waals surface area contributed by atoms with Crippen LogP contribution in [0.4, 0.5) is 4.39 Å². The Morgan fingerprint density at radius 2 is 1.95 bits per heavy atom. The second-order valence-corrected chi connectivity index (χ2v) is 5.61. The van der Waals surface area contributed by atoms with Gasteiger partial charge in [-0.3, -0.25) is 0 Å². The highest BCUT2D eigenvalue weighted by atomic mass is 32.1. The molecule has 0 radical (unpaired) electrons. The summed E-state index contributed by atoms with van der Waals surface area (Å²) < 4.78 is 16.4. The van der Waals surface area contributed by atoms with Crippen molar-refractivity contribution in [1.82, 2.24) is 9.55 Å². The van der Waals surface area contributed by atoms with E-state index in [1.807, 2.05) is 25.3 Å². The summed E-state index contributed by atoms with van der Waals surface area (Å²) in [6.07, 6.45) is 1.94. The summed E-state index contributed by atoms with van der Waals surface area (Å²) in [4.78, 5) is 3.08. The highest BCUT2D eigenvalue weighted by Crippen LogP contribution is 2.25. The van der Waals surface area contributed by atoms with E-state index in [1.165, 1.54) is 0 Å². The van der Waals surface area contributed by atoms with E-state index in [0.29, 0.717) is 16.3 Å². The second kappa shape index (κ2) is 5.29. The molecule has 102 valence electrons. The van der Waals surface area contributed by atoms with Gasteiger partial charge in [-0.15, -0.1) is 0 Å². The Labute approximate surface area is 118 Å². The predicted octanol–water partition coefficient (Wildman–Crippen LogP) is 4.73. The molecule has 1 N–H and O–H groups in total. The predicted molar refractivity (Wildman–Crippen MR) is 78.7 cm³/mol. The molecule has 1 atom stereocenters. The van der Waals surface area contributed by atoms with Crippen LogP contribution < -0.4 is 0 Å². The van der Waals surface area contributed by atoms with Gasteiger partial charge in [-0.1, -0.05) is 26.0 Å². The third-order valence-corrected chi connectivity index (χ3v) is 3.81. The van der Waals surface area contributed by atoms with E-state index >= 15 is 0 Å². The quantitative estimate of drug-likeness (QED) is 0.805. The lowest BCUT2D eigenvalue weighted by Crippen LogP contribution is -2.11. The fourth-order valence-corrected chi connectivity index (χ4v) is 2.58. The van der Waals surface area contributed by atoms with Crippen molar-refractivity contribution in [3.63, 3.8) is 0 Å². The Hall–Kier alpha value is -1.42. The summed E-state index contributed by atoms with van der Waals surface area (Å²) in [6, 6.07) is 5.39. The lowest BCUT2D eigenvalue weighted by molar-refractivity contribution is 0.569. The maximum Gasteiger partial charge on any atom is 0.177 e. The molecule has 0 saturated carbocycles. The van der Waals surface area contributed by atoms with E-state index in [-0.39, 0.29) is 11.9 Å². The first kappa shape index (κ1) is 14.0. The normalized spacial score (nSPS) is 12.9. The van der Waals surface area contributed by atoms with Crippen molar-refractivity contribution in [2.75, 3.05) is 0 Å². The third-order valence-electron chi connectivity index (χ3n) is 3.50. The van der Waals surface area contributed by atoms with E-state index in [2.05, 4.69) is 23.4 Å². The van der Waals surface area contributed by atoms with Gasteiger partial charge in [-0.05, 0) is 49.2 Å². The maximum absolute atomic E-state index is 13.7. The number of nitrogens with zero attached hydrogens (tertiary/aromatic N) is 1. The van der Waals surface area contributed by atoms with Gasteiger partial charge in [0.15, 0.2) is 4.77 Å². The number of aromatic amines is 1. The minimum atomic E-state index is -0.169. The summed E-state index contributed by atoms with van der Waals surface area (Å²) in [7, 11) is 0. The molecule has 0 aliphatic heterocycles. The van der Waals surface area contributed by atoms with E-state index in [0.717, 1.165) is 11.3 Å². The number of benzene rings is 1. The van der Waals surface area contributed by atoms with Crippen LogP contribution in [0, 0.1) is 17.5 Å². The van der Waals surface area contributed by atoms with Crippen LogP contribution in [0.15, 0.2) is 24.4 Å². The van der Waals surface area contributed by atoms with Crippen molar-refractivity contribution >= 4 is 12.2 Å². The van der Waals surface area contributed by atoms with Crippen LogP contribution in [0.1, 0.15) is 49.6 Å². The number of imidazole rings is 1. The first-order valence-electron chi connectivity index (χ1n) is 6.47. The van der Waals surface area contributed by atoms with Crippen LogP contribution in [0.5, 0.6) is 0 Å². The first-order valence-corrected chi connectivity index (χ1v) is 6.88. The maximum atomic E-state index is 13.7. The Bertz CT molecular complexity index is 640. The highest BCUT2D eigenvalue weighted by molar-refractivity contribution is 7.71. The van der Waals surface area contributed by atoms with Gasteiger partial charge in [0, 0.05) is 11.9 Å². The minimum Gasteiger partial charge on any atom is -0.337 e. The van der Waals surface area contributed by atoms with Crippen LogP contribution in [0.3, 0.4) is 0 Å². The van der Waals surface area contributed by atoms with Gasteiger partial charge in [-0.2, -0.15) is 0 Å². The summed E-state index contributed by atoms with van der Waals surface area (Å²) in [6.45, 7) is 8.05. The monoisotopic (exact) mass is 278 g/mol. The average Bonchev–Trinajstić information content (AvgIpc) is 2.74. The van der Waals surface area contributed by atoms with E-state index < -0.39 is 0 Å². The Morgan fingerprint density at radius 1 is 1.26 bits per heavy atom. The number of hydrogen-bond acceptors (Lipinski definition) is 1. The van der Waals surface area contributed by atoms with Gasteiger partial charge in [0.25, 0.3) is 0 Å². The summed E-state index contributed by atoms with van der Waals surface area (Å²) in [5.74, 6) is 0.197. The van der Waals surface area contributed by atoms with Crippen molar-refractivity contribution in [3.8, 4) is 0 Å². The number of nitrogens with one attached hydrogen (secondary N) is 1. The van der Waals surface area contributed by atoms with Gasteiger partial charge >= 0.3 is 0 Å². The Morgan fingerprint density at radius 3 is 2.53 bits per heavy atom. The molecule has 0 aliphatic carbocycles. The Balaban J connectivity index is 2.49. The summed E-state index contributed by atoms with van der Waals surface area (Å²) >= 11 is 5.34. The molecule has 0 saturated heterocycles. The van der Waals surface area contributed by atoms with E-state index in [4.69, 9.17) is 12.2 Å². The zero-order valence-electron chi connectivity index (χ0n) is 11.7. The fraction of sp³-hybridized carbons (Fsp3) is 0.400. The molecule has 0 amide bonds. The van der Waals surface area contributed by atoms with Crippen molar-refractivity contribution in [1.29, 1.82) is 0 Å². The number of H-pyrrole nitrogens is 1. The number of hydrogen-bond donors (Lipinski definition) is 1. The lowest BCUT2D eigenvalue weighted by Gasteiger charge is -2.19. The van der Waals surface area contributed by atoms with Crippen LogP contribution in [-0.4, -0.2) is 9.55 Å². The molecule has 19 heavy (non-hydrogen) atoms. The highest BCUT2D eigenvalue weighted by Gasteiger charge is 2.16. The number of aromatic nitrogens is 2. The summed E-state index contributed by atoms with van der Waals surface area (Å²) in [5.41, 5.74) is 2.73. The molecule has 0 aliphatic rings. The van der Waals surface area contributed by atoms with Crippen LogP contribution in [-0.2, 0) is 0 Å². The van der Waals surface area contributed by atoms with Crippen molar-refractivity contribution < 1.29 is 4.39 Å². The molecule has 4 heteroatoms. The van der Waals surface area contributed by atoms with Crippen LogP contribution in [0.25, 0.3) is 0 Å². The summed E-state index contributed by atoms with van der Waals surface area (Å²) in [5, 5.41) is 0. The molecule has 0 fully saturated rings.